The van der Waals surface area contributed by atoms with Gasteiger partial charge in [-0.1, -0.05) is 43.3 Å². The summed E-state index contributed by atoms with van der Waals surface area (Å²) in [5, 5.41) is 9.49. The molecule has 1 atom stereocenters. The number of halogens is 3. The van der Waals surface area contributed by atoms with Crippen LogP contribution in [0.5, 0.6) is 11.5 Å². The Balaban J connectivity index is 1.49. The van der Waals surface area contributed by atoms with E-state index < -0.39 is 18.1 Å². The van der Waals surface area contributed by atoms with E-state index in [9.17, 15) is 32.7 Å². The second kappa shape index (κ2) is 12.7. The minimum atomic E-state index is -4.49. The van der Waals surface area contributed by atoms with E-state index in [1.807, 2.05) is 6.92 Å². The number of benzene rings is 4. The summed E-state index contributed by atoms with van der Waals surface area (Å²) in [6.07, 6.45) is -4.32. The van der Waals surface area contributed by atoms with Gasteiger partial charge in [0.05, 0.1) is 5.56 Å². The normalized spacial score (nSPS) is 12.1. The molecule has 1 unspecified atom stereocenters. The number of alkyl halides is 3. The number of Topliss-reactive ketones (excluding diaryl/α,β-unsaturated/α-hetero) is 2. The van der Waals surface area contributed by atoms with Crippen molar-refractivity contribution in [2.45, 2.75) is 52.6 Å². The lowest BCUT2D eigenvalue weighted by atomic mass is 9.86. The maximum absolute atomic E-state index is 14.2. The van der Waals surface area contributed by atoms with Crippen molar-refractivity contribution in [1.29, 1.82) is 0 Å². The van der Waals surface area contributed by atoms with Gasteiger partial charge in [-0.3, -0.25) is 9.59 Å². The van der Waals surface area contributed by atoms with Gasteiger partial charge in [-0.15, -0.1) is 0 Å². The Morgan fingerprint density at radius 1 is 0.721 bits per heavy atom. The second-order valence-corrected chi connectivity index (χ2v) is 10.5. The number of ether oxygens (including phenoxy) is 1. The number of rotatable bonds is 10. The fourth-order valence-electron chi connectivity index (χ4n) is 4.93. The number of carboxylic acid groups (broad SMARTS) is 1. The highest BCUT2D eigenvalue weighted by Crippen LogP contribution is 2.41. The molecule has 0 heterocycles. The molecule has 0 aliphatic rings. The van der Waals surface area contributed by atoms with E-state index in [0.29, 0.717) is 22.4 Å². The highest BCUT2D eigenvalue weighted by Gasteiger charge is 2.42. The molecule has 0 aliphatic heterocycles. The highest BCUT2D eigenvalue weighted by atomic mass is 19.4. The van der Waals surface area contributed by atoms with E-state index in [-0.39, 0.29) is 52.4 Å². The van der Waals surface area contributed by atoms with Gasteiger partial charge < -0.3 is 9.84 Å². The van der Waals surface area contributed by atoms with Crippen molar-refractivity contribution in [3.8, 4) is 11.5 Å². The first-order chi connectivity index (χ1) is 20.3. The van der Waals surface area contributed by atoms with Crippen LogP contribution >= 0.6 is 0 Å². The van der Waals surface area contributed by atoms with Gasteiger partial charge in [-0.25, -0.2) is 4.79 Å². The minimum Gasteiger partial charge on any atom is -0.478 e. The monoisotopic (exact) mass is 588 g/mol. The molecule has 0 saturated heterocycles. The number of carbonyl (C=O) groups is 3. The Hall–Kier alpha value is -4.72. The molecule has 0 amide bonds. The van der Waals surface area contributed by atoms with E-state index in [0.717, 1.165) is 11.1 Å². The highest BCUT2D eigenvalue weighted by molar-refractivity contribution is 6.06. The quantitative estimate of drug-likeness (QED) is 0.187. The Kier molecular flexibility index (Phi) is 9.19. The number of aryl methyl sites for hydroxylation is 3. The first-order valence-electron chi connectivity index (χ1n) is 13.7. The van der Waals surface area contributed by atoms with Crippen LogP contribution in [0.15, 0.2) is 78.9 Å². The van der Waals surface area contributed by atoms with Crippen LogP contribution < -0.4 is 4.74 Å². The van der Waals surface area contributed by atoms with E-state index in [1.54, 1.807) is 63.2 Å². The number of hydrogen-bond acceptors (Lipinski definition) is 4. The number of ketones is 2. The van der Waals surface area contributed by atoms with Crippen molar-refractivity contribution < 1.29 is 37.4 Å². The summed E-state index contributed by atoms with van der Waals surface area (Å²) in [6.45, 7) is 6.98. The summed E-state index contributed by atoms with van der Waals surface area (Å²) >= 11 is 0. The molecule has 0 fully saturated rings. The molecule has 0 aromatic heterocycles. The topological polar surface area (TPSA) is 80.7 Å². The van der Waals surface area contributed by atoms with Gasteiger partial charge in [0.25, 0.3) is 0 Å². The molecule has 8 heteroatoms. The minimum absolute atomic E-state index is 0.00152. The zero-order valence-corrected chi connectivity index (χ0v) is 24.2. The Morgan fingerprint density at radius 3 is 1.88 bits per heavy atom. The predicted octanol–water partition coefficient (Wildman–Crippen LogP) is 8.81. The van der Waals surface area contributed by atoms with Crippen molar-refractivity contribution in [1.82, 2.24) is 0 Å². The molecule has 0 radical (unpaired) electrons. The van der Waals surface area contributed by atoms with Gasteiger partial charge in [0.15, 0.2) is 11.6 Å². The maximum Gasteiger partial charge on any atom is 0.399 e. The van der Waals surface area contributed by atoms with Crippen molar-refractivity contribution in [3.05, 3.63) is 129 Å². The third-order valence-electron chi connectivity index (χ3n) is 7.50. The lowest BCUT2D eigenvalue weighted by Crippen LogP contribution is -2.22. The second-order valence-electron chi connectivity index (χ2n) is 10.5. The van der Waals surface area contributed by atoms with Crippen molar-refractivity contribution >= 4 is 17.5 Å². The molecular weight excluding hydrogens is 557 g/mol. The van der Waals surface area contributed by atoms with Crippen LogP contribution in [0.25, 0.3) is 0 Å². The van der Waals surface area contributed by atoms with Crippen LogP contribution in [0.3, 0.4) is 0 Å². The molecule has 1 N–H and O–H groups in total. The van der Waals surface area contributed by atoms with E-state index >= 15 is 0 Å². The molecule has 4 aromatic carbocycles. The summed E-state index contributed by atoms with van der Waals surface area (Å²) in [5.74, 6) is -2.97. The van der Waals surface area contributed by atoms with Crippen molar-refractivity contribution in [3.63, 3.8) is 0 Å². The molecular formula is C35H31F3O5. The average molecular weight is 589 g/mol. The largest absolute Gasteiger partial charge is 0.478 e. The van der Waals surface area contributed by atoms with Crippen LogP contribution in [-0.4, -0.2) is 28.8 Å². The molecule has 0 saturated carbocycles. The van der Waals surface area contributed by atoms with E-state index in [2.05, 4.69) is 0 Å². The third-order valence-corrected chi connectivity index (χ3v) is 7.50. The zero-order chi connectivity index (χ0) is 31.5. The van der Waals surface area contributed by atoms with Gasteiger partial charge in [0.2, 0.25) is 0 Å². The Bertz CT molecular complexity index is 1690. The van der Waals surface area contributed by atoms with Crippen LogP contribution in [0.1, 0.15) is 83.7 Å². The molecule has 0 aliphatic carbocycles. The van der Waals surface area contributed by atoms with E-state index in [4.69, 9.17) is 4.74 Å². The van der Waals surface area contributed by atoms with Gasteiger partial charge in [-0.05, 0) is 96.6 Å². The average Bonchev–Trinajstić information content (AvgIpc) is 2.95. The van der Waals surface area contributed by atoms with Gasteiger partial charge in [0, 0.05) is 24.0 Å². The summed E-state index contributed by atoms with van der Waals surface area (Å²) in [6, 6.07) is 19.7. The first-order valence-corrected chi connectivity index (χ1v) is 13.7. The number of aromatic carboxylic acids is 1. The fourth-order valence-corrected chi connectivity index (χ4v) is 4.93. The number of carbonyl (C=O) groups excluding carboxylic acids is 2. The molecule has 43 heavy (non-hydrogen) atoms. The third kappa shape index (κ3) is 7.20. The fraction of sp³-hybridized carbons (Fsp3) is 0.229. The maximum atomic E-state index is 14.2. The molecule has 0 spiro atoms. The lowest BCUT2D eigenvalue weighted by molar-refractivity contribution is -0.141. The summed E-state index contributed by atoms with van der Waals surface area (Å²) in [7, 11) is 0. The predicted molar refractivity (Wildman–Crippen MR) is 158 cm³/mol. The standard InChI is InChI=1S/C35H31F3O5/c1-5-31(39)29-15-14-28(19-30(29)34(41)42)43-27-12-10-23(11-13-27)32(40)18-24-8-9-26(17-22(24)4)33(35(36,37)38)25-7-6-20(2)21(3)16-25/h6-17,19,33H,5,18H2,1-4H3,(H,41,42). The van der Waals surface area contributed by atoms with Crippen LogP contribution in [-0.2, 0) is 6.42 Å². The van der Waals surface area contributed by atoms with Crippen LogP contribution in [0.4, 0.5) is 13.2 Å². The summed E-state index contributed by atoms with van der Waals surface area (Å²) in [5.41, 5.74) is 3.53. The first kappa shape index (κ1) is 31.2. The van der Waals surface area contributed by atoms with Gasteiger partial charge in [0.1, 0.15) is 17.4 Å². The van der Waals surface area contributed by atoms with Crippen molar-refractivity contribution in [2.75, 3.05) is 0 Å². The molecule has 222 valence electrons. The smallest absolute Gasteiger partial charge is 0.399 e. The zero-order valence-electron chi connectivity index (χ0n) is 24.2. The molecule has 4 rings (SSSR count). The van der Waals surface area contributed by atoms with E-state index in [1.165, 1.54) is 36.4 Å². The molecule has 5 nitrogen and oxygen atoms in total. The summed E-state index contributed by atoms with van der Waals surface area (Å²) in [4.78, 5) is 36.7. The van der Waals surface area contributed by atoms with Crippen LogP contribution in [0.2, 0.25) is 0 Å². The van der Waals surface area contributed by atoms with Gasteiger partial charge in [-0.2, -0.15) is 13.2 Å². The molecule has 4 aromatic rings. The number of carboxylic acids is 1. The Labute approximate surface area is 248 Å². The number of hydrogen-bond donors (Lipinski definition) is 1. The van der Waals surface area contributed by atoms with Gasteiger partial charge >= 0.3 is 12.1 Å². The summed E-state index contributed by atoms with van der Waals surface area (Å²) < 4.78 is 48.3. The van der Waals surface area contributed by atoms with Crippen LogP contribution in [0, 0.1) is 20.8 Å². The molecule has 0 bridgehead atoms. The van der Waals surface area contributed by atoms with Crippen molar-refractivity contribution in [2.24, 2.45) is 0 Å². The SMILES string of the molecule is CCC(=O)c1ccc(Oc2ccc(C(=O)Cc3ccc(C(c4ccc(C)c(C)c4)C(F)(F)F)cc3C)cc2)cc1C(=O)O. The lowest BCUT2D eigenvalue weighted by Gasteiger charge is -2.23. The Morgan fingerprint density at radius 2 is 1.33 bits per heavy atom.